The number of aliphatic hydroxyl groups is 1. The summed E-state index contributed by atoms with van der Waals surface area (Å²) in [6, 6.07) is 7.52. The number of aliphatic hydroxyl groups excluding tert-OH is 1. The molecule has 0 aromatic heterocycles. The van der Waals surface area contributed by atoms with E-state index in [1.807, 2.05) is 0 Å². The van der Waals surface area contributed by atoms with Crippen molar-refractivity contribution in [2.75, 3.05) is 6.61 Å². The lowest BCUT2D eigenvalue weighted by Gasteiger charge is -2.38. The van der Waals surface area contributed by atoms with Crippen LogP contribution < -0.4 is 0 Å². The van der Waals surface area contributed by atoms with E-state index < -0.39 is 41.2 Å². The summed E-state index contributed by atoms with van der Waals surface area (Å²) in [5, 5.41) is 21.6. The highest BCUT2D eigenvalue weighted by Crippen LogP contribution is 2.39. The first-order valence-corrected chi connectivity index (χ1v) is 7.16. The summed E-state index contributed by atoms with van der Waals surface area (Å²) in [6.45, 7) is 3.36. The van der Waals surface area contributed by atoms with Crippen LogP contribution in [0.15, 0.2) is 30.3 Å². The predicted molar refractivity (Wildman–Crippen MR) is 76.6 cm³/mol. The number of esters is 1. The maximum atomic E-state index is 12.0. The Hall–Kier alpha value is -1.99. The van der Waals surface area contributed by atoms with Gasteiger partial charge in [0.2, 0.25) is 6.10 Å². The summed E-state index contributed by atoms with van der Waals surface area (Å²) < 4.78 is 10.0. The van der Waals surface area contributed by atoms with Crippen molar-refractivity contribution in [3.63, 3.8) is 0 Å². The highest BCUT2D eigenvalue weighted by atomic mass is 16.7. The number of nitro groups is 1. The first-order valence-electron chi connectivity index (χ1n) is 7.16. The van der Waals surface area contributed by atoms with E-state index in [2.05, 4.69) is 0 Å². The lowest BCUT2D eigenvalue weighted by atomic mass is 9.77. The number of carbonyl (C=O) groups excluding carboxylic acids is 1. The zero-order valence-corrected chi connectivity index (χ0v) is 12.4. The monoisotopic (exact) mass is 309 g/mol. The zero-order chi connectivity index (χ0) is 16.3. The van der Waals surface area contributed by atoms with Gasteiger partial charge in [0.25, 0.3) is 6.04 Å². The lowest BCUT2D eigenvalue weighted by molar-refractivity contribution is -0.549. The minimum Gasteiger partial charge on any atom is -0.464 e. The Balaban J connectivity index is 2.42. The van der Waals surface area contributed by atoms with Gasteiger partial charge < -0.3 is 14.6 Å². The molecule has 1 N–H and O–H groups in total. The van der Waals surface area contributed by atoms with Gasteiger partial charge in [-0.25, -0.2) is 4.79 Å². The molecule has 7 heteroatoms. The van der Waals surface area contributed by atoms with Crippen LogP contribution in [0.25, 0.3) is 0 Å². The van der Waals surface area contributed by atoms with Crippen molar-refractivity contribution in [1.29, 1.82) is 0 Å². The molecule has 0 spiro atoms. The molecule has 1 heterocycles. The maximum absolute atomic E-state index is 12.0. The summed E-state index contributed by atoms with van der Waals surface area (Å²) in [7, 11) is 0. The van der Waals surface area contributed by atoms with E-state index in [4.69, 9.17) is 9.47 Å². The third kappa shape index (κ3) is 3.10. The van der Waals surface area contributed by atoms with Gasteiger partial charge in [0.05, 0.1) is 12.5 Å². The first kappa shape index (κ1) is 16.4. The van der Waals surface area contributed by atoms with Gasteiger partial charge in [0.1, 0.15) is 0 Å². The van der Waals surface area contributed by atoms with Gasteiger partial charge >= 0.3 is 5.97 Å². The molecule has 2 rings (SSSR count). The number of ether oxygens (including phenoxy) is 2. The summed E-state index contributed by atoms with van der Waals surface area (Å²) in [5.41, 5.74) is 0.688. The molecule has 7 nitrogen and oxygen atoms in total. The van der Waals surface area contributed by atoms with Gasteiger partial charge in [-0.3, -0.25) is 10.1 Å². The van der Waals surface area contributed by atoms with E-state index in [-0.39, 0.29) is 6.61 Å². The number of carbonyl (C=O) groups is 1. The van der Waals surface area contributed by atoms with Gasteiger partial charge in [-0.05, 0) is 12.5 Å². The molecular weight excluding hydrogens is 290 g/mol. The van der Waals surface area contributed by atoms with Crippen molar-refractivity contribution >= 4 is 5.97 Å². The van der Waals surface area contributed by atoms with Crippen LogP contribution in [0.4, 0.5) is 0 Å². The fourth-order valence-electron chi connectivity index (χ4n) is 2.87. The van der Waals surface area contributed by atoms with E-state index >= 15 is 0 Å². The molecule has 1 aliphatic heterocycles. The van der Waals surface area contributed by atoms with E-state index in [1.54, 1.807) is 44.2 Å². The zero-order valence-electron chi connectivity index (χ0n) is 12.4. The van der Waals surface area contributed by atoms with Crippen LogP contribution in [0.1, 0.15) is 25.3 Å². The second-order valence-electron chi connectivity index (χ2n) is 5.27. The van der Waals surface area contributed by atoms with Crippen molar-refractivity contribution in [2.45, 2.75) is 38.2 Å². The molecule has 0 saturated carbocycles. The molecular formula is C15H19NO6. The van der Waals surface area contributed by atoms with Crippen molar-refractivity contribution in [1.82, 2.24) is 0 Å². The van der Waals surface area contributed by atoms with Crippen LogP contribution in [-0.2, 0) is 14.3 Å². The van der Waals surface area contributed by atoms with Gasteiger partial charge in [-0.1, -0.05) is 37.3 Å². The quantitative estimate of drug-likeness (QED) is 0.512. The number of rotatable bonds is 4. The molecule has 1 aromatic rings. The molecule has 22 heavy (non-hydrogen) atoms. The largest absolute Gasteiger partial charge is 0.464 e. The summed E-state index contributed by atoms with van der Waals surface area (Å²) in [5.74, 6) is -1.99. The van der Waals surface area contributed by atoms with E-state index in [0.29, 0.717) is 5.56 Å². The second-order valence-corrected chi connectivity index (χ2v) is 5.27. The Morgan fingerprint density at radius 3 is 2.59 bits per heavy atom. The lowest BCUT2D eigenvalue weighted by Crippen LogP contribution is -2.55. The van der Waals surface area contributed by atoms with Gasteiger partial charge in [0, 0.05) is 10.8 Å². The molecule has 1 unspecified atom stereocenters. The Morgan fingerprint density at radius 1 is 1.41 bits per heavy atom. The van der Waals surface area contributed by atoms with E-state index in [0.717, 1.165) is 0 Å². The Bertz CT molecular complexity index is 534. The molecule has 0 radical (unpaired) electrons. The molecule has 0 bridgehead atoms. The predicted octanol–water partition coefficient (Wildman–Crippen LogP) is 1.33. The normalized spacial score (nSPS) is 31.5. The third-order valence-corrected chi connectivity index (χ3v) is 3.93. The van der Waals surface area contributed by atoms with Crippen molar-refractivity contribution in [3.8, 4) is 0 Å². The van der Waals surface area contributed by atoms with Crippen LogP contribution >= 0.6 is 0 Å². The number of nitrogens with zero attached hydrogens (tertiary/aromatic N) is 1. The van der Waals surface area contributed by atoms with Gasteiger partial charge in [-0.15, -0.1) is 0 Å². The number of hydrogen-bond acceptors (Lipinski definition) is 6. The minimum atomic E-state index is -1.42. The third-order valence-electron chi connectivity index (χ3n) is 3.93. The van der Waals surface area contributed by atoms with Crippen LogP contribution in [0.2, 0.25) is 0 Å². The van der Waals surface area contributed by atoms with Crippen LogP contribution in [0, 0.1) is 16.0 Å². The SMILES string of the molecule is CCOC(=O)[C@H]1OC(O)[C@H](C)[C@@H](c2ccccc2)[C@@H]1[N+](=O)[O-]. The Labute approximate surface area is 128 Å². The standard InChI is InChI=1S/C15H19NO6/c1-3-21-15(18)13-12(16(19)20)11(9(2)14(17)22-13)10-7-5-4-6-8-10/h4-9,11-14,17H,3H2,1-2H3/t9-,11+,12+,13+,14?/m1/s1. The summed E-state index contributed by atoms with van der Waals surface area (Å²) in [4.78, 5) is 23.0. The van der Waals surface area contributed by atoms with Gasteiger partial charge in [-0.2, -0.15) is 0 Å². The fourth-order valence-corrected chi connectivity index (χ4v) is 2.87. The molecule has 1 fully saturated rings. The molecule has 120 valence electrons. The molecule has 0 aliphatic carbocycles. The highest BCUT2D eigenvalue weighted by Gasteiger charge is 2.54. The number of hydrogen-bond donors (Lipinski definition) is 1. The second kappa shape index (κ2) is 6.85. The smallest absolute Gasteiger partial charge is 0.342 e. The summed E-state index contributed by atoms with van der Waals surface area (Å²) in [6.07, 6.45) is -2.69. The summed E-state index contributed by atoms with van der Waals surface area (Å²) >= 11 is 0. The first-order chi connectivity index (χ1) is 10.5. The van der Waals surface area contributed by atoms with Crippen molar-refractivity contribution < 1.29 is 24.3 Å². The molecule has 1 saturated heterocycles. The molecule has 5 atom stereocenters. The Kier molecular flexibility index (Phi) is 5.10. The van der Waals surface area contributed by atoms with Crippen LogP contribution in [-0.4, -0.2) is 41.0 Å². The van der Waals surface area contributed by atoms with E-state index in [9.17, 15) is 20.0 Å². The average Bonchev–Trinajstić information content (AvgIpc) is 2.50. The maximum Gasteiger partial charge on any atom is 0.342 e. The van der Waals surface area contributed by atoms with E-state index in [1.165, 1.54) is 0 Å². The van der Waals surface area contributed by atoms with Crippen LogP contribution in [0.5, 0.6) is 0 Å². The number of benzene rings is 1. The van der Waals surface area contributed by atoms with Crippen LogP contribution in [0.3, 0.4) is 0 Å². The van der Waals surface area contributed by atoms with Crippen molar-refractivity contribution in [3.05, 3.63) is 46.0 Å². The topological polar surface area (TPSA) is 98.9 Å². The average molecular weight is 309 g/mol. The van der Waals surface area contributed by atoms with Gasteiger partial charge in [0.15, 0.2) is 6.29 Å². The molecule has 1 aromatic carbocycles. The molecule has 0 amide bonds. The fraction of sp³-hybridized carbons (Fsp3) is 0.533. The highest BCUT2D eigenvalue weighted by molar-refractivity contribution is 5.76. The molecule has 1 aliphatic rings. The Morgan fingerprint density at radius 2 is 2.05 bits per heavy atom. The minimum absolute atomic E-state index is 0.0881. The van der Waals surface area contributed by atoms with Crippen molar-refractivity contribution in [2.24, 2.45) is 5.92 Å².